The summed E-state index contributed by atoms with van der Waals surface area (Å²) in [6.45, 7) is 0.781. The van der Waals surface area contributed by atoms with Crippen molar-refractivity contribution in [3.05, 3.63) is 76.1 Å². The highest BCUT2D eigenvalue weighted by Gasteiger charge is 2.59. The number of nitrogens with zero attached hydrogens (tertiary/aromatic N) is 5. The molecule has 1 amide bonds. The number of pyridine rings is 1. The Morgan fingerprint density at radius 1 is 1.14 bits per heavy atom. The molecule has 5 rings (SSSR count). The van der Waals surface area contributed by atoms with Crippen LogP contribution in [0, 0.1) is 17.7 Å². The lowest BCUT2D eigenvalue weighted by Gasteiger charge is -2.26. The van der Waals surface area contributed by atoms with Gasteiger partial charge in [-0.2, -0.15) is 13.2 Å². The molecule has 2 fully saturated rings. The lowest BCUT2D eigenvalue weighted by atomic mass is 10.1. The van der Waals surface area contributed by atoms with Crippen LogP contribution in [0.15, 0.2) is 53.6 Å². The summed E-state index contributed by atoms with van der Waals surface area (Å²) in [6.07, 6.45) is -2.05. The smallest absolute Gasteiger partial charge is 0.342 e. The molecule has 0 N–H and O–H groups in total. The van der Waals surface area contributed by atoms with Crippen molar-refractivity contribution in [1.29, 1.82) is 0 Å². The molecule has 7 nitrogen and oxygen atoms in total. The van der Waals surface area contributed by atoms with Gasteiger partial charge in [0.25, 0.3) is 11.5 Å². The fourth-order valence-electron chi connectivity index (χ4n) is 4.94. The van der Waals surface area contributed by atoms with Gasteiger partial charge in [-0.3, -0.25) is 19.1 Å². The second-order valence-electron chi connectivity index (χ2n) is 8.91. The van der Waals surface area contributed by atoms with E-state index in [1.54, 1.807) is 19.0 Å². The van der Waals surface area contributed by atoms with E-state index in [9.17, 15) is 27.2 Å². The standard InChI is InChI=1S/C24H21F4N5O2/c1-31-20(34)9-19(15-6-7-29-10-18(15)25)30-23(31)32(2)21-16-11-33(12-17(16)21)22(35)13-4-3-5-14(8-13)24(26,27)28/h3-10,16-17,21H,11-12H2,1-2H3/t16-,17+,21?. The maximum atomic E-state index is 14.2. The summed E-state index contributed by atoms with van der Waals surface area (Å²) < 4.78 is 54.6. The maximum Gasteiger partial charge on any atom is 0.416 e. The van der Waals surface area contributed by atoms with Crippen LogP contribution in [0.5, 0.6) is 0 Å². The summed E-state index contributed by atoms with van der Waals surface area (Å²) in [6, 6.07) is 7.13. The minimum absolute atomic E-state index is 0.00201. The Morgan fingerprint density at radius 3 is 2.51 bits per heavy atom. The number of benzene rings is 1. The predicted octanol–water partition coefficient (Wildman–Crippen LogP) is 3.21. The quantitative estimate of drug-likeness (QED) is 0.529. The zero-order chi connectivity index (χ0) is 25.1. The van der Waals surface area contributed by atoms with E-state index >= 15 is 0 Å². The topological polar surface area (TPSA) is 71.3 Å². The number of anilines is 1. The zero-order valence-corrected chi connectivity index (χ0v) is 18.8. The fourth-order valence-corrected chi connectivity index (χ4v) is 4.94. The number of carbonyl (C=O) groups excluding carboxylic acids is 1. The molecule has 3 heterocycles. The van der Waals surface area contributed by atoms with Crippen molar-refractivity contribution in [2.45, 2.75) is 12.2 Å². The van der Waals surface area contributed by atoms with Gasteiger partial charge < -0.3 is 9.80 Å². The van der Waals surface area contributed by atoms with Crippen LogP contribution < -0.4 is 10.5 Å². The lowest BCUT2D eigenvalue weighted by molar-refractivity contribution is -0.137. The number of alkyl halides is 3. The molecule has 35 heavy (non-hydrogen) atoms. The fraction of sp³-hybridized carbons (Fsp3) is 0.333. The van der Waals surface area contributed by atoms with Crippen molar-refractivity contribution >= 4 is 11.9 Å². The molecule has 1 aromatic carbocycles. The Kier molecular flexibility index (Phi) is 5.37. The van der Waals surface area contributed by atoms with Crippen LogP contribution in [-0.4, -0.2) is 51.5 Å². The molecule has 0 radical (unpaired) electrons. The molecule has 0 spiro atoms. The number of aromatic nitrogens is 3. The molecule has 1 unspecified atom stereocenters. The van der Waals surface area contributed by atoms with E-state index in [0.717, 1.165) is 18.3 Å². The molecule has 1 aliphatic carbocycles. The van der Waals surface area contributed by atoms with E-state index in [1.807, 2.05) is 4.90 Å². The molecule has 0 bridgehead atoms. The molecule has 2 aliphatic rings. The van der Waals surface area contributed by atoms with E-state index in [-0.39, 0.29) is 40.3 Å². The van der Waals surface area contributed by atoms with Gasteiger partial charge in [-0.15, -0.1) is 0 Å². The first kappa shape index (κ1) is 23.0. The number of carbonyl (C=O) groups is 1. The van der Waals surface area contributed by atoms with Gasteiger partial charge >= 0.3 is 6.18 Å². The van der Waals surface area contributed by atoms with E-state index in [1.165, 1.54) is 35.0 Å². The van der Waals surface area contributed by atoms with Gasteiger partial charge in [0.1, 0.15) is 0 Å². The third-order valence-electron chi connectivity index (χ3n) is 6.80. The highest BCUT2D eigenvalue weighted by atomic mass is 19.4. The van der Waals surface area contributed by atoms with Gasteiger partial charge in [0, 0.05) is 68.5 Å². The summed E-state index contributed by atoms with van der Waals surface area (Å²) >= 11 is 0. The van der Waals surface area contributed by atoms with Crippen molar-refractivity contribution in [3.63, 3.8) is 0 Å². The number of piperidine rings is 1. The molecule has 1 saturated heterocycles. The average Bonchev–Trinajstić information content (AvgIpc) is 3.32. The highest BCUT2D eigenvalue weighted by Crippen LogP contribution is 2.49. The molecule has 11 heteroatoms. The van der Waals surface area contributed by atoms with E-state index in [4.69, 9.17) is 0 Å². The lowest BCUT2D eigenvalue weighted by Crippen LogP contribution is -2.38. The first-order valence-corrected chi connectivity index (χ1v) is 10.9. The second-order valence-corrected chi connectivity index (χ2v) is 8.91. The van der Waals surface area contributed by atoms with Gasteiger partial charge in [0.2, 0.25) is 5.95 Å². The largest absolute Gasteiger partial charge is 0.416 e. The van der Waals surface area contributed by atoms with Crippen LogP contribution in [0.2, 0.25) is 0 Å². The molecular weight excluding hydrogens is 466 g/mol. The van der Waals surface area contributed by atoms with Crippen molar-refractivity contribution in [1.82, 2.24) is 19.4 Å². The van der Waals surface area contributed by atoms with Crippen LogP contribution in [0.4, 0.5) is 23.5 Å². The minimum atomic E-state index is -4.52. The summed E-state index contributed by atoms with van der Waals surface area (Å²) in [4.78, 5) is 37.0. The monoisotopic (exact) mass is 487 g/mol. The summed E-state index contributed by atoms with van der Waals surface area (Å²) in [5.41, 5.74) is -0.839. The molecule has 3 atom stereocenters. The molecular formula is C24H21F4N5O2. The van der Waals surface area contributed by atoms with E-state index in [0.29, 0.717) is 19.0 Å². The van der Waals surface area contributed by atoms with Gasteiger partial charge in [-0.25, -0.2) is 9.37 Å². The molecule has 2 aromatic heterocycles. The Labute approximate surface area is 197 Å². The van der Waals surface area contributed by atoms with E-state index < -0.39 is 23.5 Å². The summed E-state index contributed by atoms with van der Waals surface area (Å²) in [7, 11) is 3.37. The minimum Gasteiger partial charge on any atom is -0.342 e. The second kappa shape index (κ2) is 8.17. The first-order chi connectivity index (χ1) is 16.6. The van der Waals surface area contributed by atoms with Gasteiger partial charge in [-0.05, 0) is 24.3 Å². The Morgan fingerprint density at radius 2 is 1.86 bits per heavy atom. The Balaban J connectivity index is 1.33. The van der Waals surface area contributed by atoms with Crippen LogP contribution >= 0.6 is 0 Å². The average molecular weight is 487 g/mol. The van der Waals surface area contributed by atoms with Crippen LogP contribution in [-0.2, 0) is 13.2 Å². The number of hydrogen-bond acceptors (Lipinski definition) is 5. The van der Waals surface area contributed by atoms with Gasteiger partial charge in [-0.1, -0.05) is 6.07 Å². The molecule has 182 valence electrons. The Hall–Kier alpha value is -3.76. The van der Waals surface area contributed by atoms with Crippen LogP contribution in [0.25, 0.3) is 11.3 Å². The molecule has 1 saturated carbocycles. The van der Waals surface area contributed by atoms with Crippen LogP contribution in [0.3, 0.4) is 0 Å². The SMILES string of the molecule is CN(c1nc(-c2ccncc2F)cc(=O)n1C)C1[C@H]2CN(C(=O)c3cccc(C(F)(F)F)c3)C[C@@H]12. The zero-order valence-electron chi connectivity index (χ0n) is 18.8. The normalized spacial score (nSPS) is 21.1. The van der Waals surface area contributed by atoms with Crippen molar-refractivity contribution in [3.8, 4) is 11.3 Å². The maximum absolute atomic E-state index is 14.2. The number of amides is 1. The Bertz CT molecular complexity index is 1360. The summed E-state index contributed by atoms with van der Waals surface area (Å²) in [5.74, 6) is -0.487. The van der Waals surface area contributed by atoms with Crippen molar-refractivity contribution < 1.29 is 22.4 Å². The summed E-state index contributed by atoms with van der Waals surface area (Å²) in [5, 5.41) is 0. The van der Waals surface area contributed by atoms with E-state index in [2.05, 4.69) is 9.97 Å². The number of likely N-dealkylation sites (tertiary alicyclic amines) is 1. The number of fused-ring (bicyclic) bond motifs is 1. The van der Waals surface area contributed by atoms with Gasteiger partial charge in [0.15, 0.2) is 5.82 Å². The molecule has 3 aromatic rings. The van der Waals surface area contributed by atoms with Crippen LogP contribution in [0.1, 0.15) is 15.9 Å². The van der Waals surface area contributed by atoms with Crippen molar-refractivity contribution in [2.75, 3.05) is 25.0 Å². The first-order valence-electron chi connectivity index (χ1n) is 10.9. The molecule has 1 aliphatic heterocycles. The number of hydrogen-bond donors (Lipinski definition) is 0. The third kappa shape index (κ3) is 4.04. The predicted molar refractivity (Wildman–Crippen MR) is 119 cm³/mol. The van der Waals surface area contributed by atoms with Gasteiger partial charge in [0.05, 0.1) is 17.5 Å². The number of rotatable bonds is 4. The highest BCUT2D eigenvalue weighted by molar-refractivity contribution is 5.94. The van der Waals surface area contributed by atoms with Crippen molar-refractivity contribution in [2.24, 2.45) is 18.9 Å². The number of halogens is 4. The third-order valence-corrected chi connectivity index (χ3v) is 6.80.